The number of esters is 1. The number of carbonyl (C=O) groups is 2. The van der Waals surface area contributed by atoms with E-state index in [0.29, 0.717) is 19.3 Å². The molecule has 0 bridgehead atoms. The van der Waals surface area contributed by atoms with E-state index in [9.17, 15) is 19.8 Å². The van der Waals surface area contributed by atoms with Crippen molar-refractivity contribution in [1.29, 1.82) is 0 Å². The second-order valence-electron chi connectivity index (χ2n) is 17.2. The lowest BCUT2D eigenvalue weighted by Crippen LogP contribution is -2.46. The molecule has 6 heteroatoms. The molecule has 0 fully saturated rings. The van der Waals surface area contributed by atoms with Crippen molar-refractivity contribution in [3.05, 3.63) is 0 Å². The van der Waals surface area contributed by atoms with Gasteiger partial charge >= 0.3 is 5.97 Å². The van der Waals surface area contributed by atoms with Gasteiger partial charge in [0, 0.05) is 6.42 Å². The van der Waals surface area contributed by atoms with Crippen LogP contribution < -0.4 is 5.32 Å². The number of ether oxygens (including phenoxy) is 1. The SMILES string of the molecule is CCCCCCCCCCCCCCCCC(O)C(CO)NC(=O)CC(CCCCCCCCCCCC)OC(=O)CCCCCCCCCCCCCC. The summed E-state index contributed by atoms with van der Waals surface area (Å²) in [5.74, 6) is -0.456. The van der Waals surface area contributed by atoms with Gasteiger partial charge in [0.15, 0.2) is 0 Å². The average Bonchev–Trinajstić information content (AvgIpc) is 3.18. The van der Waals surface area contributed by atoms with Gasteiger partial charge in [0.25, 0.3) is 0 Å². The van der Waals surface area contributed by atoms with Crippen LogP contribution in [-0.2, 0) is 14.3 Å². The Bertz CT molecular complexity index is 791. The molecule has 0 aromatic carbocycles. The van der Waals surface area contributed by atoms with Crippen molar-refractivity contribution in [2.75, 3.05) is 6.61 Å². The smallest absolute Gasteiger partial charge is 0.306 e. The molecular weight excluding hydrogens is 683 g/mol. The zero-order valence-corrected chi connectivity index (χ0v) is 37.3. The monoisotopic (exact) mass is 780 g/mol. The highest BCUT2D eigenvalue weighted by Crippen LogP contribution is 2.18. The average molecular weight is 780 g/mol. The Balaban J connectivity index is 4.46. The first-order chi connectivity index (χ1) is 27.0. The van der Waals surface area contributed by atoms with Gasteiger partial charge in [-0.1, -0.05) is 239 Å². The maximum absolute atomic E-state index is 13.1. The number of hydrogen-bond acceptors (Lipinski definition) is 5. The van der Waals surface area contributed by atoms with Crippen molar-refractivity contribution in [2.24, 2.45) is 0 Å². The van der Waals surface area contributed by atoms with E-state index in [1.54, 1.807) is 0 Å². The van der Waals surface area contributed by atoms with Crippen molar-refractivity contribution in [1.82, 2.24) is 5.32 Å². The Hall–Kier alpha value is -1.14. The van der Waals surface area contributed by atoms with Gasteiger partial charge in [-0.25, -0.2) is 0 Å². The van der Waals surface area contributed by atoms with Gasteiger partial charge < -0.3 is 20.3 Å². The van der Waals surface area contributed by atoms with Gasteiger partial charge in [-0.05, 0) is 25.7 Å². The van der Waals surface area contributed by atoms with Crippen LogP contribution in [0.4, 0.5) is 0 Å². The number of unbranched alkanes of at least 4 members (excludes halogenated alkanes) is 33. The second-order valence-corrected chi connectivity index (χ2v) is 17.2. The lowest BCUT2D eigenvalue weighted by atomic mass is 10.0. The molecule has 55 heavy (non-hydrogen) atoms. The van der Waals surface area contributed by atoms with Crippen molar-refractivity contribution < 1.29 is 24.5 Å². The molecule has 0 aliphatic rings. The number of amides is 1. The van der Waals surface area contributed by atoms with Gasteiger partial charge in [0.05, 0.1) is 25.2 Å². The van der Waals surface area contributed by atoms with Crippen LogP contribution in [0.3, 0.4) is 0 Å². The van der Waals surface area contributed by atoms with Crippen molar-refractivity contribution >= 4 is 11.9 Å². The number of aliphatic hydroxyl groups is 2. The molecule has 0 aromatic heterocycles. The Morgan fingerprint density at radius 3 is 1.11 bits per heavy atom. The van der Waals surface area contributed by atoms with Crippen molar-refractivity contribution in [2.45, 2.75) is 296 Å². The highest BCUT2D eigenvalue weighted by molar-refractivity contribution is 5.77. The Labute approximate surface area is 343 Å². The van der Waals surface area contributed by atoms with Crippen molar-refractivity contribution in [3.63, 3.8) is 0 Å². The molecule has 328 valence electrons. The molecular formula is C49H97NO5. The quantitative estimate of drug-likeness (QED) is 0.0422. The van der Waals surface area contributed by atoms with Crippen LogP contribution >= 0.6 is 0 Å². The highest BCUT2D eigenvalue weighted by Gasteiger charge is 2.24. The summed E-state index contributed by atoms with van der Waals surface area (Å²) in [4.78, 5) is 26.0. The third-order valence-electron chi connectivity index (χ3n) is 11.7. The molecule has 0 aliphatic carbocycles. The topological polar surface area (TPSA) is 95.9 Å². The van der Waals surface area contributed by atoms with E-state index in [1.807, 2.05) is 0 Å². The largest absolute Gasteiger partial charge is 0.462 e. The summed E-state index contributed by atoms with van der Waals surface area (Å²) in [5.41, 5.74) is 0. The van der Waals surface area contributed by atoms with Crippen LogP contribution in [0.5, 0.6) is 0 Å². The first-order valence-corrected chi connectivity index (χ1v) is 24.8. The van der Waals surface area contributed by atoms with Crippen LogP contribution in [0.15, 0.2) is 0 Å². The minimum atomic E-state index is -0.778. The molecule has 3 unspecified atom stereocenters. The molecule has 3 atom stereocenters. The number of nitrogens with one attached hydrogen (secondary N) is 1. The summed E-state index contributed by atoms with van der Waals surface area (Å²) in [6, 6.07) is -0.691. The zero-order chi connectivity index (χ0) is 40.3. The molecule has 0 saturated carbocycles. The van der Waals surface area contributed by atoms with E-state index < -0.39 is 18.2 Å². The van der Waals surface area contributed by atoms with E-state index in [2.05, 4.69) is 26.1 Å². The van der Waals surface area contributed by atoms with E-state index >= 15 is 0 Å². The first-order valence-electron chi connectivity index (χ1n) is 24.8. The van der Waals surface area contributed by atoms with Gasteiger partial charge in [-0.2, -0.15) is 0 Å². The summed E-state index contributed by atoms with van der Waals surface area (Å²) in [6.07, 6.45) is 45.9. The first kappa shape index (κ1) is 53.9. The third kappa shape index (κ3) is 39.5. The van der Waals surface area contributed by atoms with Crippen LogP contribution in [0.25, 0.3) is 0 Å². The Morgan fingerprint density at radius 1 is 0.455 bits per heavy atom. The van der Waals surface area contributed by atoms with Crippen LogP contribution in [0.2, 0.25) is 0 Å². The fourth-order valence-electron chi connectivity index (χ4n) is 7.90. The number of aliphatic hydroxyl groups excluding tert-OH is 2. The molecule has 6 nitrogen and oxygen atoms in total. The van der Waals surface area contributed by atoms with Crippen LogP contribution in [-0.4, -0.2) is 46.9 Å². The molecule has 0 saturated heterocycles. The lowest BCUT2D eigenvalue weighted by molar-refractivity contribution is -0.151. The molecule has 3 N–H and O–H groups in total. The van der Waals surface area contributed by atoms with Gasteiger partial charge in [0.1, 0.15) is 6.10 Å². The highest BCUT2D eigenvalue weighted by atomic mass is 16.5. The van der Waals surface area contributed by atoms with Gasteiger partial charge in [-0.15, -0.1) is 0 Å². The standard InChI is InChI=1S/C49H97NO5/c1-4-7-10-13-16-19-22-24-25-26-29-32-35-38-41-47(52)46(44-51)50-48(53)43-45(40-37-34-31-28-21-18-15-12-9-6-3)55-49(54)42-39-36-33-30-27-23-20-17-14-11-8-5-2/h45-47,51-52H,4-44H2,1-3H3,(H,50,53). The predicted octanol–water partition coefficient (Wildman–Crippen LogP) is 14.4. The van der Waals surface area contributed by atoms with Crippen LogP contribution in [0, 0.1) is 0 Å². The molecule has 0 radical (unpaired) electrons. The molecule has 0 aromatic rings. The van der Waals surface area contributed by atoms with Gasteiger partial charge in [0.2, 0.25) is 5.91 Å². The van der Waals surface area contributed by atoms with E-state index in [4.69, 9.17) is 4.74 Å². The zero-order valence-electron chi connectivity index (χ0n) is 37.3. The maximum Gasteiger partial charge on any atom is 0.306 e. The molecule has 0 spiro atoms. The maximum atomic E-state index is 13.1. The second kappa shape index (κ2) is 44.0. The number of hydrogen-bond donors (Lipinski definition) is 3. The summed E-state index contributed by atoms with van der Waals surface area (Å²) >= 11 is 0. The van der Waals surface area contributed by atoms with Gasteiger partial charge in [-0.3, -0.25) is 9.59 Å². The molecule has 0 aliphatic heterocycles. The Morgan fingerprint density at radius 2 is 0.764 bits per heavy atom. The number of rotatable bonds is 45. The third-order valence-corrected chi connectivity index (χ3v) is 11.7. The fourth-order valence-corrected chi connectivity index (χ4v) is 7.90. The predicted molar refractivity (Wildman–Crippen MR) is 237 cm³/mol. The lowest BCUT2D eigenvalue weighted by Gasteiger charge is -2.24. The van der Waals surface area contributed by atoms with E-state index in [1.165, 1.54) is 186 Å². The van der Waals surface area contributed by atoms with E-state index in [-0.39, 0.29) is 24.9 Å². The summed E-state index contributed by atoms with van der Waals surface area (Å²) in [6.45, 7) is 6.49. The minimum Gasteiger partial charge on any atom is -0.462 e. The minimum absolute atomic E-state index is 0.0870. The molecule has 0 heterocycles. The Kier molecular flexibility index (Phi) is 43.1. The molecule has 1 amide bonds. The fraction of sp³-hybridized carbons (Fsp3) is 0.959. The van der Waals surface area contributed by atoms with Crippen LogP contribution in [0.1, 0.15) is 278 Å². The summed E-state index contributed by atoms with van der Waals surface area (Å²) in [5, 5.41) is 23.7. The summed E-state index contributed by atoms with van der Waals surface area (Å²) in [7, 11) is 0. The van der Waals surface area contributed by atoms with E-state index in [0.717, 1.165) is 44.9 Å². The number of carbonyl (C=O) groups excluding carboxylic acids is 2. The summed E-state index contributed by atoms with van der Waals surface area (Å²) < 4.78 is 5.91. The molecule has 0 rings (SSSR count). The van der Waals surface area contributed by atoms with Crippen molar-refractivity contribution in [3.8, 4) is 0 Å². The normalized spacial score (nSPS) is 13.2.